The summed E-state index contributed by atoms with van der Waals surface area (Å²) in [5.41, 5.74) is 0. The second-order valence-electron chi connectivity index (χ2n) is 4.20. The summed E-state index contributed by atoms with van der Waals surface area (Å²) < 4.78 is 30.9. The van der Waals surface area contributed by atoms with Gasteiger partial charge in [0.2, 0.25) is 15.9 Å². The summed E-state index contributed by atoms with van der Waals surface area (Å²) in [5.74, 6) is 0.637. The fourth-order valence-electron chi connectivity index (χ4n) is 1.87. The van der Waals surface area contributed by atoms with Crippen molar-refractivity contribution < 1.29 is 12.8 Å². The summed E-state index contributed by atoms with van der Waals surface area (Å²) in [6.45, 7) is 3.36. The highest BCUT2D eigenvalue weighted by Crippen LogP contribution is 2.16. The second kappa shape index (κ2) is 5.01. The molecule has 8 heteroatoms. The van der Waals surface area contributed by atoms with Gasteiger partial charge in [-0.2, -0.15) is 0 Å². The van der Waals surface area contributed by atoms with E-state index in [0.29, 0.717) is 5.89 Å². The quantitative estimate of drug-likeness (QED) is 0.798. The fraction of sp³-hybridized carbons (Fsp3) is 0.778. The van der Waals surface area contributed by atoms with Crippen molar-refractivity contribution in [1.82, 2.24) is 15.5 Å². The smallest absolute Gasteiger partial charge is 0.329 e. The number of nitrogens with zero attached hydrogens (tertiary/aromatic N) is 2. The number of anilines is 1. The minimum Gasteiger partial charge on any atom is -0.408 e. The van der Waals surface area contributed by atoms with Gasteiger partial charge in [-0.25, -0.2) is 13.1 Å². The number of hydrogen-bond donors (Lipinski definition) is 2. The van der Waals surface area contributed by atoms with Crippen molar-refractivity contribution in [2.75, 3.05) is 23.6 Å². The highest BCUT2D eigenvalue weighted by molar-refractivity contribution is 7.92. The van der Waals surface area contributed by atoms with E-state index >= 15 is 0 Å². The molecular formula is C9H16N4O3S. The molecule has 1 aliphatic heterocycles. The number of aromatic nitrogens is 2. The molecular weight excluding hydrogens is 244 g/mol. The summed E-state index contributed by atoms with van der Waals surface area (Å²) >= 11 is 0. The zero-order valence-electron chi connectivity index (χ0n) is 9.64. The van der Waals surface area contributed by atoms with E-state index in [1.165, 1.54) is 0 Å². The first-order chi connectivity index (χ1) is 8.05. The van der Waals surface area contributed by atoms with Crippen molar-refractivity contribution in [3.05, 3.63) is 5.89 Å². The van der Waals surface area contributed by atoms with Crippen molar-refractivity contribution in [2.45, 2.75) is 19.8 Å². The van der Waals surface area contributed by atoms with Gasteiger partial charge in [-0.05, 0) is 31.8 Å². The Labute approximate surface area is 100 Å². The van der Waals surface area contributed by atoms with Crippen LogP contribution in [0.2, 0.25) is 0 Å². The Bertz CT molecular complexity index is 464. The molecule has 0 atom stereocenters. The van der Waals surface area contributed by atoms with E-state index < -0.39 is 10.0 Å². The van der Waals surface area contributed by atoms with Crippen LogP contribution in [0.5, 0.6) is 0 Å². The summed E-state index contributed by atoms with van der Waals surface area (Å²) in [6.07, 6.45) is 1.76. The van der Waals surface area contributed by atoms with Crippen LogP contribution in [0.3, 0.4) is 0 Å². The lowest BCUT2D eigenvalue weighted by atomic mass is 10.0. The van der Waals surface area contributed by atoms with Gasteiger partial charge in [-0.15, -0.1) is 5.10 Å². The number of aryl methyl sites for hydroxylation is 1. The Morgan fingerprint density at radius 2 is 2.12 bits per heavy atom. The minimum atomic E-state index is -3.39. The zero-order valence-corrected chi connectivity index (χ0v) is 10.5. The number of sulfonamides is 1. The molecule has 0 aromatic carbocycles. The van der Waals surface area contributed by atoms with Crippen LogP contribution in [-0.2, 0) is 10.0 Å². The van der Waals surface area contributed by atoms with Crippen LogP contribution >= 0.6 is 0 Å². The van der Waals surface area contributed by atoms with Gasteiger partial charge in [-0.1, -0.05) is 5.10 Å². The van der Waals surface area contributed by atoms with Crippen molar-refractivity contribution in [2.24, 2.45) is 5.92 Å². The van der Waals surface area contributed by atoms with Crippen molar-refractivity contribution >= 4 is 16.0 Å². The molecule has 2 rings (SSSR count). The molecule has 0 spiro atoms. The number of hydrogen-bond acceptors (Lipinski definition) is 6. The van der Waals surface area contributed by atoms with Gasteiger partial charge >= 0.3 is 6.01 Å². The summed E-state index contributed by atoms with van der Waals surface area (Å²) in [4.78, 5) is 0. The van der Waals surface area contributed by atoms with E-state index in [9.17, 15) is 8.42 Å². The average molecular weight is 260 g/mol. The summed E-state index contributed by atoms with van der Waals surface area (Å²) in [5, 5.41) is 10.4. The molecule has 0 bridgehead atoms. The van der Waals surface area contributed by atoms with Crippen molar-refractivity contribution in [3.63, 3.8) is 0 Å². The standard InChI is InChI=1S/C9H16N4O3S/c1-7-11-12-9(16-7)13-17(14,15)6-8-2-4-10-5-3-8/h8,10H,2-6H2,1H3,(H,12,13). The molecule has 1 aromatic rings. The predicted octanol–water partition coefficient (Wildman–Crippen LogP) is 0.119. The van der Waals surface area contributed by atoms with Crippen LogP contribution in [0.4, 0.5) is 6.01 Å². The third kappa shape index (κ3) is 3.67. The molecule has 1 aromatic heterocycles. The molecule has 7 nitrogen and oxygen atoms in total. The largest absolute Gasteiger partial charge is 0.408 e. The van der Waals surface area contributed by atoms with Crippen LogP contribution in [0, 0.1) is 12.8 Å². The molecule has 0 aliphatic carbocycles. The van der Waals surface area contributed by atoms with E-state index in [1.54, 1.807) is 6.92 Å². The van der Waals surface area contributed by atoms with E-state index in [-0.39, 0.29) is 17.7 Å². The Morgan fingerprint density at radius 3 is 2.71 bits per heavy atom. The third-order valence-electron chi connectivity index (χ3n) is 2.68. The molecule has 1 fully saturated rings. The molecule has 17 heavy (non-hydrogen) atoms. The highest BCUT2D eigenvalue weighted by Gasteiger charge is 2.22. The molecule has 1 aliphatic rings. The van der Waals surface area contributed by atoms with E-state index in [1.807, 2.05) is 0 Å². The fourth-order valence-corrected chi connectivity index (χ4v) is 3.26. The molecule has 0 amide bonds. The normalized spacial score (nSPS) is 18.2. The lowest BCUT2D eigenvalue weighted by Crippen LogP contribution is -2.33. The molecule has 96 valence electrons. The third-order valence-corrected chi connectivity index (χ3v) is 4.08. The minimum absolute atomic E-state index is 0.0589. The molecule has 0 unspecified atom stereocenters. The highest BCUT2D eigenvalue weighted by atomic mass is 32.2. The maximum atomic E-state index is 11.8. The van der Waals surface area contributed by atoms with E-state index in [2.05, 4.69) is 20.2 Å². The second-order valence-corrected chi connectivity index (χ2v) is 5.97. The average Bonchev–Trinajstić information content (AvgIpc) is 2.63. The van der Waals surface area contributed by atoms with Crippen molar-refractivity contribution in [1.29, 1.82) is 0 Å². The Balaban J connectivity index is 1.94. The maximum Gasteiger partial charge on any atom is 0.329 e. The number of nitrogens with one attached hydrogen (secondary N) is 2. The lowest BCUT2D eigenvalue weighted by molar-refractivity contribution is 0.401. The van der Waals surface area contributed by atoms with Crippen LogP contribution in [0.15, 0.2) is 4.42 Å². The molecule has 0 radical (unpaired) electrons. The number of piperidine rings is 1. The monoisotopic (exact) mass is 260 g/mol. The van der Waals surface area contributed by atoms with Crippen molar-refractivity contribution in [3.8, 4) is 0 Å². The van der Waals surface area contributed by atoms with Crippen LogP contribution in [-0.4, -0.2) is 37.5 Å². The molecule has 2 N–H and O–H groups in total. The maximum absolute atomic E-state index is 11.8. The van der Waals surface area contributed by atoms with Gasteiger partial charge in [0.1, 0.15) is 0 Å². The number of rotatable bonds is 4. The van der Waals surface area contributed by atoms with Gasteiger partial charge in [0.15, 0.2) is 0 Å². The van der Waals surface area contributed by atoms with Crippen LogP contribution in [0.25, 0.3) is 0 Å². The van der Waals surface area contributed by atoms with E-state index in [4.69, 9.17) is 4.42 Å². The van der Waals surface area contributed by atoms with Gasteiger partial charge in [-0.3, -0.25) is 0 Å². The van der Waals surface area contributed by atoms with Gasteiger partial charge < -0.3 is 9.73 Å². The van der Waals surface area contributed by atoms with Crippen LogP contribution < -0.4 is 10.0 Å². The topological polar surface area (TPSA) is 97.1 Å². The first-order valence-corrected chi connectivity index (χ1v) is 7.22. The summed E-state index contributed by atoms with van der Waals surface area (Å²) in [6, 6.07) is -0.0589. The predicted molar refractivity (Wildman–Crippen MR) is 62.0 cm³/mol. The SMILES string of the molecule is Cc1nnc(NS(=O)(=O)CC2CCNCC2)o1. The van der Waals surface area contributed by atoms with Gasteiger partial charge in [0, 0.05) is 6.92 Å². The lowest BCUT2D eigenvalue weighted by Gasteiger charge is -2.21. The molecule has 2 heterocycles. The molecule has 0 saturated carbocycles. The Kier molecular flexibility index (Phi) is 3.63. The summed E-state index contributed by atoms with van der Waals surface area (Å²) in [7, 11) is -3.39. The van der Waals surface area contributed by atoms with Crippen LogP contribution in [0.1, 0.15) is 18.7 Å². The Hall–Kier alpha value is -1.15. The van der Waals surface area contributed by atoms with Gasteiger partial charge in [0.25, 0.3) is 0 Å². The zero-order chi connectivity index (χ0) is 12.3. The first-order valence-electron chi connectivity index (χ1n) is 5.56. The Morgan fingerprint density at radius 1 is 1.41 bits per heavy atom. The van der Waals surface area contributed by atoms with E-state index in [0.717, 1.165) is 25.9 Å². The first kappa shape index (κ1) is 12.3. The molecule has 1 saturated heterocycles. The van der Waals surface area contributed by atoms with Gasteiger partial charge in [0.05, 0.1) is 5.75 Å².